The van der Waals surface area contributed by atoms with Gasteiger partial charge in [0.05, 0.1) is 25.4 Å². The molecule has 0 radical (unpaired) electrons. The van der Waals surface area contributed by atoms with E-state index in [-0.39, 0.29) is 6.42 Å². The van der Waals surface area contributed by atoms with Crippen molar-refractivity contribution >= 4 is 23.9 Å². The first-order valence-electron chi connectivity index (χ1n) is 8.75. The van der Waals surface area contributed by atoms with Crippen molar-refractivity contribution in [2.24, 2.45) is 0 Å². The number of aliphatic carboxylic acids is 2. The Morgan fingerprint density at radius 1 is 1.04 bits per heavy atom. The summed E-state index contributed by atoms with van der Waals surface area (Å²) in [4.78, 5) is 45.7. The van der Waals surface area contributed by atoms with Crippen molar-refractivity contribution in [2.45, 2.75) is 50.7 Å². The molecule has 1 aromatic carbocycles. The molecule has 0 saturated carbocycles. The van der Waals surface area contributed by atoms with Crippen molar-refractivity contribution in [3.63, 3.8) is 0 Å². The standard InChI is InChI=1S/C19H24O9/c1-2-3-9-27-14(13-7-5-4-6-8-13)10-16(22)28-17(23)12-19(26,18(24)25)11-15(20)21/h4-8,14,26H,2-3,9-12H2,1H3,(H,20,21)(H,24,25). The van der Waals surface area contributed by atoms with E-state index in [1.165, 1.54) is 0 Å². The summed E-state index contributed by atoms with van der Waals surface area (Å²) in [6, 6.07) is 8.83. The Hall–Kier alpha value is -2.78. The maximum atomic E-state index is 12.1. The largest absolute Gasteiger partial charge is 0.481 e. The fourth-order valence-electron chi connectivity index (χ4n) is 2.37. The SMILES string of the molecule is CCCCOC(CC(=O)OC(=O)CC(O)(CC(=O)O)C(=O)O)c1ccccc1. The number of hydrogen-bond donors (Lipinski definition) is 3. The molecular formula is C19H24O9. The predicted octanol–water partition coefficient (Wildman–Crippen LogP) is 1.68. The summed E-state index contributed by atoms with van der Waals surface area (Å²) in [5, 5.41) is 27.5. The van der Waals surface area contributed by atoms with Gasteiger partial charge in [-0.25, -0.2) is 4.79 Å². The average Bonchev–Trinajstić information content (AvgIpc) is 2.60. The highest BCUT2D eigenvalue weighted by molar-refractivity contribution is 5.92. The molecule has 9 heteroatoms. The highest BCUT2D eigenvalue weighted by atomic mass is 16.6. The molecule has 0 bridgehead atoms. The third-order valence-electron chi connectivity index (χ3n) is 3.85. The van der Waals surface area contributed by atoms with Crippen molar-refractivity contribution in [3.05, 3.63) is 35.9 Å². The molecule has 0 spiro atoms. The molecule has 9 nitrogen and oxygen atoms in total. The molecule has 0 heterocycles. The molecule has 0 fully saturated rings. The van der Waals surface area contributed by atoms with Crippen LogP contribution in [0.5, 0.6) is 0 Å². The summed E-state index contributed by atoms with van der Waals surface area (Å²) >= 11 is 0. The molecule has 2 unspecified atom stereocenters. The first-order chi connectivity index (χ1) is 13.2. The van der Waals surface area contributed by atoms with Gasteiger partial charge in [0.25, 0.3) is 0 Å². The van der Waals surface area contributed by atoms with Crippen LogP contribution in [0.25, 0.3) is 0 Å². The molecule has 3 N–H and O–H groups in total. The van der Waals surface area contributed by atoms with E-state index in [0.717, 1.165) is 12.8 Å². The minimum Gasteiger partial charge on any atom is -0.481 e. The number of carbonyl (C=O) groups is 4. The number of carboxylic acids is 2. The molecule has 1 aromatic rings. The first-order valence-corrected chi connectivity index (χ1v) is 8.75. The number of carboxylic acid groups (broad SMARTS) is 2. The third kappa shape index (κ3) is 7.85. The van der Waals surface area contributed by atoms with Crippen LogP contribution in [0.15, 0.2) is 30.3 Å². The average molecular weight is 396 g/mol. The van der Waals surface area contributed by atoms with Crippen LogP contribution >= 0.6 is 0 Å². The van der Waals surface area contributed by atoms with E-state index in [1.807, 2.05) is 6.92 Å². The summed E-state index contributed by atoms with van der Waals surface area (Å²) in [5.74, 6) is -5.82. The number of aliphatic hydroxyl groups is 1. The fourth-order valence-corrected chi connectivity index (χ4v) is 2.37. The molecule has 0 aliphatic carbocycles. The summed E-state index contributed by atoms with van der Waals surface area (Å²) in [6.45, 7) is 2.38. The molecule has 0 amide bonds. The van der Waals surface area contributed by atoms with Gasteiger partial charge in [0.2, 0.25) is 0 Å². The van der Waals surface area contributed by atoms with Crippen molar-refractivity contribution in [3.8, 4) is 0 Å². The van der Waals surface area contributed by atoms with Crippen LogP contribution in [0.3, 0.4) is 0 Å². The number of hydrogen-bond acceptors (Lipinski definition) is 7. The van der Waals surface area contributed by atoms with Gasteiger partial charge in [-0.1, -0.05) is 43.7 Å². The normalized spacial score (nSPS) is 13.9. The van der Waals surface area contributed by atoms with E-state index < -0.39 is 48.4 Å². The lowest BCUT2D eigenvalue weighted by Gasteiger charge is -2.20. The Morgan fingerprint density at radius 2 is 1.68 bits per heavy atom. The van der Waals surface area contributed by atoms with Crippen LogP contribution in [-0.4, -0.2) is 51.4 Å². The zero-order valence-electron chi connectivity index (χ0n) is 15.5. The summed E-state index contributed by atoms with van der Waals surface area (Å²) in [6.07, 6.45) is -1.68. The van der Waals surface area contributed by atoms with Crippen LogP contribution < -0.4 is 0 Å². The number of unbranched alkanes of at least 4 members (excludes halogenated alkanes) is 1. The molecule has 28 heavy (non-hydrogen) atoms. The zero-order chi connectivity index (χ0) is 21.2. The van der Waals surface area contributed by atoms with Gasteiger partial charge in [0, 0.05) is 6.61 Å². The first kappa shape index (κ1) is 23.3. The Morgan fingerprint density at radius 3 is 2.21 bits per heavy atom. The molecule has 0 aliphatic rings. The predicted molar refractivity (Wildman–Crippen MR) is 95.2 cm³/mol. The van der Waals surface area contributed by atoms with E-state index in [2.05, 4.69) is 4.74 Å². The smallest absolute Gasteiger partial charge is 0.336 e. The third-order valence-corrected chi connectivity index (χ3v) is 3.85. The van der Waals surface area contributed by atoms with Crippen molar-refractivity contribution in [1.82, 2.24) is 0 Å². The highest BCUT2D eigenvalue weighted by Crippen LogP contribution is 2.23. The fraction of sp³-hybridized carbons (Fsp3) is 0.474. The molecule has 0 aliphatic heterocycles. The van der Waals surface area contributed by atoms with E-state index in [4.69, 9.17) is 14.9 Å². The van der Waals surface area contributed by atoms with Gasteiger partial charge in [-0.3, -0.25) is 14.4 Å². The summed E-state index contributed by atoms with van der Waals surface area (Å²) < 4.78 is 10.2. The highest BCUT2D eigenvalue weighted by Gasteiger charge is 2.42. The van der Waals surface area contributed by atoms with Gasteiger partial charge in [-0.05, 0) is 12.0 Å². The topological polar surface area (TPSA) is 147 Å². The van der Waals surface area contributed by atoms with Gasteiger partial charge in [-0.15, -0.1) is 0 Å². The van der Waals surface area contributed by atoms with Gasteiger partial charge >= 0.3 is 23.9 Å². The minimum absolute atomic E-state index is 0.302. The number of esters is 2. The molecule has 0 aromatic heterocycles. The summed E-state index contributed by atoms with van der Waals surface area (Å²) in [5.41, 5.74) is -2.16. The number of rotatable bonds is 12. The van der Waals surface area contributed by atoms with Gasteiger partial charge < -0.3 is 24.8 Å². The molecular weight excluding hydrogens is 372 g/mol. The lowest BCUT2D eigenvalue weighted by atomic mass is 9.96. The number of benzene rings is 1. The second-order valence-electron chi connectivity index (χ2n) is 6.26. The maximum absolute atomic E-state index is 12.1. The Bertz CT molecular complexity index is 686. The zero-order valence-corrected chi connectivity index (χ0v) is 15.5. The van der Waals surface area contributed by atoms with E-state index in [9.17, 15) is 24.3 Å². The molecule has 2 atom stereocenters. The molecule has 154 valence electrons. The molecule has 0 saturated heterocycles. The van der Waals surface area contributed by atoms with Crippen LogP contribution in [-0.2, 0) is 28.7 Å². The van der Waals surface area contributed by atoms with Gasteiger partial charge in [0.15, 0.2) is 5.60 Å². The van der Waals surface area contributed by atoms with Crippen LogP contribution in [0.4, 0.5) is 0 Å². The minimum atomic E-state index is -2.86. The second kappa shape index (κ2) is 11.2. The van der Waals surface area contributed by atoms with Crippen molar-refractivity contribution in [2.75, 3.05) is 6.61 Å². The number of carbonyl (C=O) groups excluding carboxylic acids is 2. The molecule has 1 rings (SSSR count). The van der Waals surface area contributed by atoms with Gasteiger partial charge in [-0.2, -0.15) is 0 Å². The number of ether oxygens (including phenoxy) is 2. The van der Waals surface area contributed by atoms with E-state index in [1.54, 1.807) is 30.3 Å². The Labute approximate surface area is 161 Å². The Balaban J connectivity index is 2.73. The Kier molecular flexibility index (Phi) is 9.26. The van der Waals surface area contributed by atoms with Crippen molar-refractivity contribution in [1.29, 1.82) is 0 Å². The van der Waals surface area contributed by atoms with Crippen LogP contribution in [0, 0.1) is 0 Å². The lowest BCUT2D eigenvalue weighted by Crippen LogP contribution is -2.43. The quantitative estimate of drug-likeness (QED) is 0.273. The monoisotopic (exact) mass is 396 g/mol. The van der Waals surface area contributed by atoms with Crippen LogP contribution in [0.1, 0.15) is 50.7 Å². The van der Waals surface area contributed by atoms with Gasteiger partial charge in [0.1, 0.15) is 0 Å². The second-order valence-corrected chi connectivity index (χ2v) is 6.26. The lowest BCUT2D eigenvalue weighted by molar-refractivity contribution is -0.175. The van der Waals surface area contributed by atoms with E-state index in [0.29, 0.717) is 12.2 Å². The maximum Gasteiger partial charge on any atom is 0.336 e. The van der Waals surface area contributed by atoms with Crippen molar-refractivity contribution < 1.29 is 44.0 Å². The van der Waals surface area contributed by atoms with E-state index >= 15 is 0 Å². The summed E-state index contributed by atoms with van der Waals surface area (Å²) in [7, 11) is 0. The van der Waals surface area contributed by atoms with Crippen LogP contribution in [0.2, 0.25) is 0 Å².